The summed E-state index contributed by atoms with van der Waals surface area (Å²) in [5, 5.41) is 5.07. The second-order valence-corrected chi connectivity index (χ2v) is 13.9. The Balaban J connectivity index is 0.000000190. The van der Waals surface area contributed by atoms with Crippen molar-refractivity contribution in [2.45, 2.75) is 27.7 Å². The SMILES string of the molecule is Cc1c[c-]c(-c2cc(-c3ccccc3)c(C)cn2)cc1.Cc1cccc(C)c1-c1ccnc(-c2[c-]ccc(-c3cc4ccccc4c4ccccc34)c2)c1.[Ir]. The van der Waals surface area contributed by atoms with Gasteiger partial charge in [0, 0.05) is 32.5 Å². The molecule has 2 heterocycles. The number of hydrogen-bond acceptors (Lipinski definition) is 2. The van der Waals surface area contributed by atoms with Crippen molar-refractivity contribution >= 4 is 21.5 Å². The molecule has 0 aliphatic carbocycles. The van der Waals surface area contributed by atoms with Gasteiger partial charge in [-0.05, 0) is 110 Å². The van der Waals surface area contributed by atoms with E-state index in [0.717, 1.165) is 22.5 Å². The summed E-state index contributed by atoms with van der Waals surface area (Å²) in [6, 6.07) is 62.1. The predicted molar refractivity (Wildman–Crippen MR) is 227 cm³/mol. The van der Waals surface area contributed by atoms with Crippen molar-refractivity contribution in [3.05, 3.63) is 205 Å². The van der Waals surface area contributed by atoms with Crippen molar-refractivity contribution in [2.24, 2.45) is 0 Å². The summed E-state index contributed by atoms with van der Waals surface area (Å²) < 4.78 is 0. The Labute approximate surface area is 338 Å². The van der Waals surface area contributed by atoms with Gasteiger partial charge in [-0.2, -0.15) is 0 Å². The van der Waals surface area contributed by atoms with Crippen LogP contribution < -0.4 is 0 Å². The van der Waals surface area contributed by atoms with Crippen LogP contribution in [0, 0.1) is 39.8 Å². The van der Waals surface area contributed by atoms with Crippen LogP contribution in [0.1, 0.15) is 22.3 Å². The summed E-state index contributed by atoms with van der Waals surface area (Å²) in [7, 11) is 0. The van der Waals surface area contributed by atoms with Gasteiger partial charge in [-0.25, -0.2) is 0 Å². The van der Waals surface area contributed by atoms with E-state index in [4.69, 9.17) is 4.98 Å². The maximum Gasteiger partial charge on any atom is 0.0196 e. The van der Waals surface area contributed by atoms with Gasteiger partial charge in [-0.3, -0.25) is 0 Å². The first-order valence-electron chi connectivity index (χ1n) is 18.4. The van der Waals surface area contributed by atoms with Crippen LogP contribution >= 0.6 is 0 Å². The quantitative estimate of drug-likeness (QED) is 0.127. The number of hydrogen-bond donors (Lipinski definition) is 0. The molecule has 0 fully saturated rings. The van der Waals surface area contributed by atoms with Crippen molar-refractivity contribution in [1.82, 2.24) is 9.97 Å². The predicted octanol–water partition coefficient (Wildman–Crippen LogP) is 13.6. The molecule has 0 spiro atoms. The zero-order valence-corrected chi connectivity index (χ0v) is 33.8. The van der Waals surface area contributed by atoms with E-state index in [0.29, 0.717) is 0 Å². The van der Waals surface area contributed by atoms with E-state index >= 15 is 0 Å². The Bertz CT molecular complexity index is 2730. The topological polar surface area (TPSA) is 25.8 Å². The Morgan fingerprint density at radius 3 is 1.93 bits per heavy atom. The monoisotopic (exact) mass is 885 g/mol. The van der Waals surface area contributed by atoms with Crippen molar-refractivity contribution in [2.75, 3.05) is 0 Å². The summed E-state index contributed by atoms with van der Waals surface area (Å²) in [6.07, 6.45) is 3.84. The van der Waals surface area contributed by atoms with Crippen LogP contribution in [0.5, 0.6) is 0 Å². The largest absolute Gasteiger partial charge is 0.305 e. The van der Waals surface area contributed by atoms with Crippen LogP contribution in [0.15, 0.2) is 170 Å². The van der Waals surface area contributed by atoms with E-state index in [1.807, 2.05) is 30.6 Å². The fourth-order valence-electron chi connectivity index (χ4n) is 7.34. The Morgan fingerprint density at radius 2 is 1.16 bits per heavy atom. The Morgan fingerprint density at radius 1 is 0.455 bits per heavy atom. The number of aryl methyl sites for hydroxylation is 4. The minimum absolute atomic E-state index is 0. The Hall–Kier alpha value is -5.99. The molecule has 0 unspecified atom stereocenters. The number of nitrogens with zero attached hydrogens (tertiary/aromatic N) is 2. The molecule has 2 aromatic heterocycles. The fraction of sp³-hybridized carbons (Fsp3) is 0.0769. The van der Waals surface area contributed by atoms with Gasteiger partial charge in [0.25, 0.3) is 0 Å². The van der Waals surface area contributed by atoms with Crippen LogP contribution in [0.4, 0.5) is 0 Å². The Kier molecular flexibility index (Phi) is 11.2. The maximum atomic E-state index is 4.71. The van der Waals surface area contributed by atoms with Crippen LogP contribution in [-0.4, -0.2) is 9.97 Å². The maximum absolute atomic E-state index is 4.71. The molecule has 3 heteroatoms. The zero-order valence-electron chi connectivity index (χ0n) is 31.4. The molecule has 269 valence electrons. The van der Waals surface area contributed by atoms with E-state index in [1.54, 1.807) is 0 Å². The van der Waals surface area contributed by atoms with Gasteiger partial charge in [-0.15, -0.1) is 70.8 Å². The molecular weight excluding hydrogens is 845 g/mol. The molecule has 1 radical (unpaired) electrons. The van der Waals surface area contributed by atoms with Crippen LogP contribution in [0.2, 0.25) is 0 Å². The van der Waals surface area contributed by atoms with Gasteiger partial charge in [-0.1, -0.05) is 116 Å². The van der Waals surface area contributed by atoms with E-state index in [-0.39, 0.29) is 20.1 Å². The van der Waals surface area contributed by atoms with Crippen LogP contribution in [0.3, 0.4) is 0 Å². The number of benzene rings is 7. The molecule has 0 aliphatic rings. The van der Waals surface area contributed by atoms with Gasteiger partial charge < -0.3 is 9.97 Å². The number of rotatable bonds is 5. The molecule has 0 N–H and O–H groups in total. The van der Waals surface area contributed by atoms with E-state index in [2.05, 4.69) is 184 Å². The molecule has 0 aliphatic heterocycles. The second-order valence-electron chi connectivity index (χ2n) is 13.9. The molecule has 9 aromatic rings. The van der Waals surface area contributed by atoms with Gasteiger partial charge in [0.1, 0.15) is 0 Å². The van der Waals surface area contributed by atoms with Gasteiger partial charge in [0.15, 0.2) is 0 Å². The smallest absolute Gasteiger partial charge is 0.0196 e. The summed E-state index contributed by atoms with van der Waals surface area (Å²) in [5.74, 6) is 0. The third-order valence-corrected chi connectivity index (χ3v) is 10.1. The molecule has 2 nitrogen and oxygen atoms in total. The number of aromatic nitrogens is 2. The van der Waals surface area contributed by atoms with E-state index in [9.17, 15) is 0 Å². The molecule has 7 aromatic carbocycles. The van der Waals surface area contributed by atoms with E-state index < -0.39 is 0 Å². The van der Waals surface area contributed by atoms with Gasteiger partial charge >= 0.3 is 0 Å². The minimum Gasteiger partial charge on any atom is -0.305 e. The second kappa shape index (κ2) is 16.6. The van der Waals surface area contributed by atoms with Crippen molar-refractivity contribution < 1.29 is 20.1 Å². The van der Waals surface area contributed by atoms with Crippen molar-refractivity contribution in [3.63, 3.8) is 0 Å². The minimum atomic E-state index is 0. The third-order valence-electron chi connectivity index (χ3n) is 10.1. The molecule has 55 heavy (non-hydrogen) atoms. The number of pyridine rings is 2. The fourth-order valence-corrected chi connectivity index (χ4v) is 7.34. The first-order valence-corrected chi connectivity index (χ1v) is 18.4. The molecule has 0 bridgehead atoms. The molecule has 0 saturated carbocycles. The van der Waals surface area contributed by atoms with Gasteiger partial charge in [0.2, 0.25) is 0 Å². The summed E-state index contributed by atoms with van der Waals surface area (Å²) in [4.78, 5) is 9.24. The first kappa shape index (κ1) is 37.3. The van der Waals surface area contributed by atoms with Crippen molar-refractivity contribution in [1.29, 1.82) is 0 Å². The summed E-state index contributed by atoms with van der Waals surface area (Å²) in [6.45, 7) is 8.50. The average molecular weight is 885 g/mol. The van der Waals surface area contributed by atoms with Crippen molar-refractivity contribution in [3.8, 4) is 55.9 Å². The molecule has 9 rings (SSSR count). The summed E-state index contributed by atoms with van der Waals surface area (Å²) in [5.41, 5.74) is 16.2. The number of fused-ring (bicyclic) bond motifs is 3. The normalized spacial score (nSPS) is 10.8. The third kappa shape index (κ3) is 7.96. The molecule has 0 amide bonds. The van der Waals surface area contributed by atoms with Gasteiger partial charge in [0.05, 0.1) is 0 Å². The standard InChI is InChI=1S/C33H24N.C19H16N.Ir/c1-22-9-7-10-23(2)33(22)27-17-18-34-32(21-27)26-13-8-12-24(19-26)31-20-25-11-3-4-14-28(25)29-15-5-6-16-30(29)31;1-14-8-10-17(11-9-14)19-12-18(15(2)13-20-19)16-6-4-3-5-7-16;/h3-12,14-21H,1-2H3;3-10,12-13H,1-2H3;/q2*-1;. The molecule has 0 atom stereocenters. The first-order chi connectivity index (χ1) is 26.4. The van der Waals surface area contributed by atoms with Crippen LogP contribution in [-0.2, 0) is 20.1 Å². The van der Waals surface area contributed by atoms with Crippen LogP contribution in [0.25, 0.3) is 77.4 Å². The molecular formula is C52H40IrN2-2. The van der Waals surface area contributed by atoms with E-state index in [1.165, 1.54) is 77.2 Å². The molecule has 0 saturated heterocycles. The summed E-state index contributed by atoms with van der Waals surface area (Å²) >= 11 is 0. The average Bonchev–Trinajstić information content (AvgIpc) is 3.22. The zero-order chi connectivity index (χ0) is 37.0.